The number of hydrogen-bond acceptors (Lipinski definition) is 3. The molecule has 1 atom stereocenters. The average Bonchev–Trinajstić information content (AvgIpc) is 2.77. The molecule has 3 nitrogen and oxygen atoms in total. The number of ether oxygens (including phenoxy) is 1. The molecule has 0 aromatic carbocycles. The van der Waals surface area contributed by atoms with Crippen LogP contribution >= 0.6 is 15.9 Å². The Morgan fingerprint density at radius 2 is 2.26 bits per heavy atom. The van der Waals surface area contributed by atoms with Gasteiger partial charge in [0.15, 0.2) is 0 Å². The number of anilines is 1. The lowest BCUT2D eigenvalue weighted by molar-refractivity contribution is -0.00939. The number of aromatic nitrogens is 1. The molecule has 0 aliphatic carbocycles. The lowest BCUT2D eigenvalue weighted by atomic mass is 10.1. The van der Waals surface area contributed by atoms with E-state index in [1.165, 1.54) is 6.20 Å². The molecule has 2 rings (SSSR count). The van der Waals surface area contributed by atoms with Gasteiger partial charge in [-0.2, -0.15) is 4.39 Å². The Hall–Kier alpha value is -0.680. The largest absolute Gasteiger partial charge is 0.374 e. The van der Waals surface area contributed by atoms with Crippen molar-refractivity contribution in [3.05, 3.63) is 22.7 Å². The Morgan fingerprint density at radius 3 is 2.95 bits per heavy atom. The molecule has 0 radical (unpaired) electrons. The van der Waals surface area contributed by atoms with Crippen LogP contribution in [-0.2, 0) is 4.74 Å². The fraction of sp³-hybridized carbons (Fsp3) is 0.643. The highest BCUT2D eigenvalue weighted by molar-refractivity contribution is 9.10. The first kappa shape index (κ1) is 14.7. The maximum atomic E-state index is 13.9. The van der Waals surface area contributed by atoms with Gasteiger partial charge in [0.2, 0.25) is 5.95 Å². The van der Waals surface area contributed by atoms with Crippen LogP contribution in [0.15, 0.2) is 16.7 Å². The van der Waals surface area contributed by atoms with Gasteiger partial charge in [-0.25, -0.2) is 4.98 Å². The third-order valence-electron chi connectivity index (χ3n) is 3.18. The maximum absolute atomic E-state index is 13.9. The molecule has 2 heterocycles. The van der Waals surface area contributed by atoms with Crippen molar-refractivity contribution >= 4 is 21.6 Å². The Kier molecular flexibility index (Phi) is 4.46. The molecule has 1 aliphatic heterocycles. The SMILES string of the molecule is CC(C)(C)OC[C@H]1CCCN1c1cc(Br)cnc1F. The van der Waals surface area contributed by atoms with Crippen molar-refractivity contribution in [2.75, 3.05) is 18.1 Å². The molecule has 1 fully saturated rings. The summed E-state index contributed by atoms with van der Waals surface area (Å²) in [4.78, 5) is 5.84. The van der Waals surface area contributed by atoms with Gasteiger partial charge in [0.25, 0.3) is 0 Å². The molecule has 0 spiro atoms. The Morgan fingerprint density at radius 1 is 1.53 bits per heavy atom. The van der Waals surface area contributed by atoms with Crippen LogP contribution in [-0.4, -0.2) is 29.8 Å². The van der Waals surface area contributed by atoms with Crippen LogP contribution in [0, 0.1) is 5.95 Å². The third kappa shape index (κ3) is 3.89. The van der Waals surface area contributed by atoms with E-state index in [1.807, 2.05) is 20.8 Å². The first-order chi connectivity index (χ1) is 8.87. The van der Waals surface area contributed by atoms with Crippen molar-refractivity contribution in [1.82, 2.24) is 4.98 Å². The van der Waals surface area contributed by atoms with Gasteiger partial charge in [0.05, 0.1) is 23.9 Å². The van der Waals surface area contributed by atoms with E-state index in [0.29, 0.717) is 12.3 Å². The van der Waals surface area contributed by atoms with Crippen LogP contribution in [0.1, 0.15) is 33.6 Å². The molecule has 5 heteroatoms. The normalized spacial score (nSPS) is 20.1. The summed E-state index contributed by atoms with van der Waals surface area (Å²) in [5.74, 6) is -0.411. The monoisotopic (exact) mass is 330 g/mol. The summed E-state index contributed by atoms with van der Waals surface area (Å²) in [6.45, 7) is 7.58. The zero-order valence-electron chi connectivity index (χ0n) is 11.6. The van der Waals surface area contributed by atoms with E-state index < -0.39 is 5.95 Å². The smallest absolute Gasteiger partial charge is 0.236 e. The van der Waals surface area contributed by atoms with Crippen LogP contribution < -0.4 is 4.90 Å². The molecule has 106 valence electrons. The quantitative estimate of drug-likeness (QED) is 0.789. The zero-order chi connectivity index (χ0) is 14.0. The van der Waals surface area contributed by atoms with Gasteiger partial charge < -0.3 is 9.64 Å². The van der Waals surface area contributed by atoms with Gasteiger partial charge >= 0.3 is 0 Å². The highest BCUT2D eigenvalue weighted by atomic mass is 79.9. The molecule has 0 N–H and O–H groups in total. The van der Waals surface area contributed by atoms with E-state index in [9.17, 15) is 4.39 Å². The number of nitrogens with zero attached hydrogens (tertiary/aromatic N) is 2. The lowest BCUT2D eigenvalue weighted by Crippen LogP contribution is -2.36. The van der Waals surface area contributed by atoms with Gasteiger partial charge in [-0.1, -0.05) is 0 Å². The van der Waals surface area contributed by atoms with Crippen molar-refractivity contribution in [2.24, 2.45) is 0 Å². The molecular weight excluding hydrogens is 311 g/mol. The van der Waals surface area contributed by atoms with E-state index in [0.717, 1.165) is 23.9 Å². The molecule has 0 amide bonds. The summed E-state index contributed by atoms with van der Waals surface area (Å²) in [5, 5.41) is 0. The lowest BCUT2D eigenvalue weighted by Gasteiger charge is -2.29. The van der Waals surface area contributed by atoms with Crippen LogP contribution in [0.3, 0.4) is 0 Å². The number of hydrogen-bond donors (Lipinski definition) is 0. The summed E-state index contributed by atoms with van der Waals surface area (Å²) >= 11 is 3.35. The summed E-state index contributed by atoms with van der Waals surface area (Å²) in [6, 6.07) is 2.02. The predicted octanol–water partition coefficient (Wildman–Crippen LogP) is 3.77. The molecule has 0 bridgehead atoms. The average molecular weight is 331 g/mol. The molecule has 0 saturated carbocycles. The molecule has 1 aromatic heterocycles. The Labute approximate surface area is 122 Å². The number of halogens is 2. The maximum Gasteiger partial charge on any atom is 0.236 e. The van der Waals surface area contributed by atoms with Crippen molar-refractivity contribution in [2.45, 2.75) is 45.3 Å². The minimum absolute atomic E-state index is 0.164. The van der Waals surface area contributed by atoms with Crippen LogP contribution in [0.2, 0.25) is 0 Å². The van der Waals surface area contributed by atoms with Crippen molar-refractivity contribution in [3.63, 3.8) is 0 Å². The van der Waals surface area contributed by atoms with Crippen molar-refractivity contribution in [3.8, 4) is 0 Å². The van der Waals surface area contributed by atoms with Crippen LogP contribution in [0.4, 0.5) is 10.1 Å². The van der Waals surface area contributed by atoms with Crippen molar-refractivity contribution < 1.29 is 9.13 Å². The summed E-state index contributed by atoms with van der Waals surface area (Å²) in [5.41, 5.74) is 0.400. The Balaban J connectivity index is 2.12. The summed E-state index contributed by atoms with van der Waals surface area (Å²) in [6.07, 6.45) is 3.57. The standard InChI is InChI=1S/C14H20BrFN2O/c1-14(2,3)19-9-11-5-4-6-18(11)12-7-10(15)8-17-13(12)16/h7-8,11H,4-6,9H2,1-3H3/t11-/m1/s1. The Bertz CT molecular complexity index is 448. The molecule has 1 aromatic rings. The first-order valence-electron chi connectivity index (χ1n) is 6.58. The second kappa shape index (κ2) is 5.75. The fourth-order valence-corrected chi connectivity index (χ4v) is 2.60. The second-order valence-corrected chi connectivity index (χ2v) is 6.79. The van der Waals surface area contributed by atoms with E-state index in [1.54, 1.807) is 6.07 Å². The van der Waals surface area contributed by atoms with E-state index in [4.69, 9.17) is 4.74 Å². The highest BCUT2D eigenvalue weighted by Crippen LogP contribution is 2.29. The number of pyridine rings is 1. The molecule has 19 heavy (non-hydrogen) atoms. The van der Waals surface area contributed by atoms with Gasteiger partial charge in [0, 0.05) is 17.2 Å². The zero-order valence-corrected chi connectivity index (χ0v) is 13.2. The first-order valence-corrected chi connectivity index (χ1v) is 7.38. The summed E-state index contributed by atoms with van der Waals surface area (Å²) < 4.78 is 20.5. The van der Waals surface area contributed by atoms with Gasteiger partial charge in [0.1, 0.15) is 0 Å². The number of rotatable bonds is 3. The van der Waals surface area contributed by atoms with Gasteiger partial charge in [-0.3, -0.25) is 0 Å². The van der Waals surface area contributed by atoms with Crippen LogP contribution in [0.25, 0.3) is 0 Å². The minimum Gasteiger partial charge on any atom is -0.374 e. The third-order valence-corrected chi connectivity index (χ3v) is 3.62. The molecular formula is C14H20BrFN2O. The highest BCUT2D eigenvalue weighted by Gasteiger charge is 2.28. The molecule has 0 unspecified atom stereocenters. The van der Waals surface area contributed by atoms with E-state index in [2.05, 4.69) is 25.8 Å². The summed E-state index contributed by atoms with van der Waals surface area (Å²) in [7, 11) is 0. The minimum atomic E-state index is -0.411. The van der Waals surface area contributed by atoms with Gasteiger partial charge in [-0.05, 0) is 55.6 Å². The molecule has 1 saturated heterocycles. The van der Waals surface area contributed by atoms with Crippen LogP contribution in [0.5, 0.6) is 0 Å². The fourth-order valence-electron chi connectivity index (χ4n) is 2.29. The van der Waals surface area contributed by atoms with E-state index >= 15 is 0 Å². The predicted molar refractivity (Wildman–Crippen MR) is 78.0 cm³/mol. The van der Waals surface area contributed by atoms with E-state index in [-0.39, 0.29) is 11.6 Å². The van der Waals surface area contributed by atoms with Gasteiger partial charge in [-0.15, -0.1) is 0 Å². The second-order valence-electron chi connectivity index (χ2n) is 5.88. The van der Waals surface area contributed by atoms with Crippen molar-refractivity contribution in [1.29, 1.82) is 0 Å². The molecule has 1 aliphatic rings. The topological polar surface area (TPSA) is 25.4 Å².